The topological polar surface area (TPSA) is 77.1 Å². The first-order valence-electron chi connectivity index (χ1n) is 6.27. The van der Waals surface area contributed by atoms with Crippen LogP contribution in [-0.4, -0.2) is 69.1 Å². The lowest BCUT2D eigenvalue weighted by atomic mass is 10.1. The maximum absolute atomic E-state index is 11.8. The van der Waals surface area contributed by atoms with Gasteiger partial charge in [-0.05, 0) is 13.8 Å². The summed E-state index contributed by atoms with van der Waals surface area (Å²) < 4.78 is 15.3. The molecule has 0 aromatic heterocycles. The number of methoxy groups -OCH3 is 1. The second-order valence-electron chi connectivity index (χ2n) is 4.73. The smallest absolute Gasteiger partial charge is 0.325 e. The van der Waals surface area contributed by atoms with Gasteiger partial charge in [0.05, 0.1) is 39.6 Å². The van der Waals surface area contributed by atoms with Gasteiger partial charge >= 0.3 is 6.03 Å². The van der Waals surface area contributed by atoms with Crippen molar-refractivity contribution in [1.82, 2.24) is 10.2 Å². The van der Waals surface area contributed by atoms with E-state index in [1.54, 1.807) is 21.0 Å². The van der Waals surface area contributed by atoms with E-state index in [0.29, 0.717) is 33.0 Å². The molecule has 110 valence electrons. The molecule has 1 rings (SSSR count). The molecule has 1 N–H and O–H groups in total. The molecule has 0 unspecified atom stereocenters. The number of hydrogen-bond acceptors (Lipinski definition) is 5. The van der Waals surface area contributed by atoms with Crippen LogP contribution < -0.4 is 5.32 Å². The standard InChI is InChI=1S/C12H22N2O5/c1-12(2)10(15)14(11(16)13-12)4-5-18-8-9-19-7-6-17-3/h4-9H2,1-3H3,(H,13,16). The number of ether oxygens (including phenoxy) is 3. The molecule has 0 saturated carbocycles. The molecule has 1 aliphatic rings. The highest BCUT2D eigenvalue weighted by Gasteiger charge is 2.43. The van der Waals surface area contributed by atoms with Gasteiger partial charge in [0.2, 0.25) is 0 Å². The Kier molecular flexibility index (Phi) is 6.20. The van der Waals surface area contributed by atoms with Crippen molar-refractivity contribution in [3.63, 3.8) is 0 Å². The molecule has 3 amide bonds. The summed E-state index contributed by atoms with van der Waals surface area (Å²) in [6.45, 7) is 5.90. The molecule has 0 radical (unpaired) electrons. The molecule has 0 atom stereocenters. The first kappa shape index (κ1) is 15.9. The van der Waals surface area contributed by atoms with E-state index in [9.17, 15) is 9.59 Å². The van der Waals surface area contributed by atoms with E-state index in [0.717, 1.165) is 0 Å². The number of nitrogens with zero attached hydrogens (tertiary/aromatic N) is 1. The van der Waals surface area contributed by atoms with E-state index >= 15 is 0 Å². The Bertz CT molecular complexity index is 319. The van der Waals surface area contributed by atoms with Gasteiger partial charge < -0.3 is 19.5 Å². The first-order valence-corrected chi connectivity index (χ1v) is 6.27. The minimum absolute atomic E-state index is 0.225. The average molecular weight is 274 g/mol. The van der Waals surface area contributed by atoms with Crippen LogP contribution in [0.2, 0.25) is 0 Å². The zero-order valence-corrected chi connectivity index (χ0v) is 11.7. The van der Waals surface area contributed by atoms with Crippen molar-refractivity contribution in [2.45, 2.75) is 19.4 Å². The number of rotatable bonds is 9. The van der Waals surface area contributed by atoms with Crippen LogP contribution >= 0.6 is 0 Å². The van der Waals surface area contributed by atoms with Gasteiger partial charge in [0.15, 0.2) is 0 Å². The van der Waals surface area contributed by atoms with Gasteiger partial charge in [-0.25, -0.2) is 4.79 Å². The molecule has 7 heteroatoms. The molecule has 1 saturated heterocycles. The summed E-state index contributed by atoms with van der Waals surface area (Å²) in [6.07, 6.45) is 0. The van der Waals surface area contributed by atoms with Crippen molar-refractivity contribution >= 4 is 11.9 Å². The van der Waals surface area contributed by atoms with Gasteiger partial charge in [-0.2, -0.15) is 0 Å². The molecule has 1 fully saturated rings. The van der Waals surface area contributed by atoms with Crippen LogP contribution in [0.15, 0.2) is 0 Å². The predicted octanol–water partition coefficient (Wildman–Crippen LogP) is -0.00360. The lowest BCUT2D eigenvalue weighted by molar-refractivity contribution is -0.130. The quantitative estimate of drug-likeness (QED) is 0.473. The third-order valence-electron chi connectivity index (χ3n) is 2.71. The molecule has 19 heavy (non-hydrogen) atoms. The van der Waals surface area contributed by atoms with Crippen LogP contribution in [0, 0.1) is 0 Å². The summed E-state index contributed by atoms with van der Waals surface area (Å²) in [6, 6.07) is -0.366. The van der Waals surface area contributed by atoms with Crippen molar-refractivity contribution < 1.29 is 23.8 Å². The van der Waals surface area contributed by atoms with Gasteiger partial charge in [-0.3, -0.25) is 9.69 Å². The second-order valence-corrected chi connectivity index (χ2v) is 4.73. The summed E-state index contributed by atoms with van der Waals surface area (Å²) >= 11 is 0. The van der Waals surface area contributed by atoms with Crippen LogP contribution in [0.3, 0.4) is 0 Å². The minimum Gasteiger partial charge on any atom is -0.382 e. The summed E-state index contributed by atoms with van der Waals surface area (Å²) in [7, 11) is 1.61. The Morgan fingerprint density at radius 1 is 1.05 bits per heavy atom. The van der Waals surface area contributed by atoms with Crippen molar-refractivity contribution in [3.8, 4) is 0 Å². The Labute approximate surface area is 113 Å². The highest BCUT2D eigenvalue weighted by molar-refractivity contribution is 6.06. The van der Waals surface area contributed by atoms with E-state index < -0.39 is 5.54 Å². The molecule has 0 aliphatic carbocycles. The highest BCUT2D eigenvalue weighted by Crippen LogP contribution is 2.15. The van der Waals surface area contributed by atoms with E-state index in [4.69, 9.17) is 14.2 Å². The predicted molar refractivity (Wildman–Crippen MR) is 67.8 cm³/mol. The lowest BCUT2D eigenvalue weighted by Gasteiger charge is -2.15. The molecule has 0 bridgehead atoms. The van der Waals surface area contributed by atoms with Crippen LogP contribution in [0.25, 0.3) is 0 Å². The molecule has 0 spiro atoms. The van der Waals surface area contributed by atoms with Crippen LogP contribution in [-0.2, 0) is 19.0 Å². The Morgan fingerprint density at radius 3 is 2.16 bits per heavy atom. The minimum atomic E-state index is -0.819. The van der Waals surface area contributed by atoms with Crippen molar-refractivity contribution in [2.75, 3.05) is 46.7 Å². The maximum Gasteiger partial charge on any atom is 0.325 e. The SMILES string of the molecule is COCCOCCOCCN1C(=O)NC(C)(C)C1=O. The molecule has 7 nitrogen and oxygen atoms in total. The number of hydrogen-bond donors (Lipinski definition) is 1. The van der Waals surface area contributed by atoms with Crippen molar-refractivity contribution in [2.24, 2.45) is 0 Å². The van der Waals surface area contributed by atoms with Crippen LogP contribution in [0.4, 0.5) is 4.79 Å². The Hall–Kier alpha value is -1.18. The van der Waals surface area contributed by atoms with E-state index in [-0.39, 0.29) is 18.5 Å². The van der Waals surface area contributed by atoms with Gasteiger partial charge in [0, 0.05) is 7.11 Å². The number of carbonyl (C=O) groups is 2. The number of amides is 3. The fourth-order valence-corrected chi connectivity index (χ4v) is 1.64. The van der Waals surface area contributed by atoms with Gasteiger partial charge in [0.25, 0.3) is 5.91 Å². The summed E-state index contributed by atoms with van der Waals surface area (Å²) in [5.41, 5.74) is -0.819. The Balaban J connectivity index is 2.10. The van der Waals surface area contributed by atoms with Crippen molar-refractivity contribution in [3.05, 3.63) is 0 Å². The van der Waals surface area contributed by atoms with Gasteiger partial charge in [-0.1, -0.05) is 0 Å². The summed E-state index contributed by atoms with van der Waals surface area (Å²) in [5, 5.41) is 2.61. The van der Waals surface area contributed by atoms with E-state index in [1.165, 1.54) is 4.90 Å². The zero-order chi connectivity index (χ0) is 14.3. The monoisotopic (exact) mass is 274 g/mol. The maximum atomic E-state index is 11.8. The largest absolute Gasteiger partial charge is 0.382 e. The highest BCUT2D eigenvalue weighted by atomic mass is 16.5. The van der Waals surface area contributed by atoms with Crippen LogP contribution in [0.1, 0.15) is 13.8 Å². The Morgan fingerprint density at radius 2 is 1.63 bits per heavy atom. The van der Waals surface area contributed by atoms with Crippen molar-refractivity contribution in [1.29, 1.82) is 0 Å². The van der Waals surface area contributed by atoms with Crippen LogP contribution in [0.5, 0.6) is 0 Å². The number of carbonyl (C=O) groups excluding carboxylic acids is 2. The third kappa shape index (κ3) is 4.77. The fourth-order valence-electron chi connectivity index (χ4n) is 1.64. The van der Waals surface area contributed by atoms with E-state index in [2.05, 4.69) is 5.32 Å². The van der Waals surface area contributed by atoms with Gasteiger partial charge in [-0.15, -0.1) is 0 Å². The fraction of sp³-hybridized carbons (Fsp3) is 0.833. The number of urea groups is 1. The molecule has 0 aromatic carbocycles. The normalized spacial score (nSPS) is 17.9. The van der Waals surface area contributed by atoms with E-state index in [1.807, 2.05) is 0 Å². The summed E-state index contributed by atoms with van der Waals surface area (Å²) in [5.74, 6) is -0.225. The second kappa shape index (κ2) is 7.42. The number of imide groups is 1. The molecule has 1 aliphatic heterocycles. The molecular formula is C12H22N2O5. The lowest BCUT2D eigenvalue weighted by Crippen LogP contribution is -2.40. The average Bonchev–Trinajstić information content (AvgIpc) is 2.54. The first-order chi connectivity index (χ1) is 8.99. The summed E-state index contributed by atoms with van der Waals surface area (Å²) in [4.78, 5) is 24.5. The zero-order valence-electron chi connectivity index (χ0n) is 11.7. The third-order valence-corrected chi connectivity index (χ3v) is 2.71. The van der Waals surface area contributed by atoms with Gasteiger partial charge in [0.1, 0.15) is 5.54 Å². The molecule has 0 aromatic rings. The molecule has 1 heterocycles. The molecular weight excluding hydrogens is 252 g/mol. The number of nitrogens with one attached hydrogen (secondary N) is 1.